The quantitative estimate of drug-likeness (QED) is 0.883. The van der Waals surface area contributed by atoms with Crippen LogP contribution < -0.4 is 5.32 Å². The largest absolute Gasteiger partial charge is 0.407 e. The van der Waals surface area contributed by atoms with Crippen LogP contribution in [0.2, 0.25) is 0 Å². The lowest BCUT2D eigenvalue weighted by atomic mass is 10.0. The summed E-state index contributed by atoms with van der Waals surface area (Å²) in [6.45, 7) is 3.31. The second-order valence-electron chi connectivity index (χ2n) is 4.03. The second-order valence-corrected chi connectivity index (χ2v) is 4.03. The molecule has 0 spiro atoms. The van der Waals surface area contributed by atoms with Gasteiger partial charge in [0.05, 0.1) is 11.6 Å². The molecule has 0 bridgehead atoms. The van der Waals surface area contributed by atoms with Gasteiger partial charge in [0.2, 0.25) is 0 Å². The van der Waals surface area contributed by atoms with Crippen LogP contribution in [-0.4, -0.2) is 12.2 Å². The highest BCUT2D eigenvalue weighted by Gasteiger charge is 2.40. The molecule has 1 N–H and O–H groups in total. The van der Waals surface area contributed by atoms with Crippen molar-refractivity contribution in [3.05, 3.63) is 35.4 Å². The van der Waals surface area contributed by atoms with E-state index >= 15 is 0 Å². The molecule has 0 fully saturated rings. The summed E-state index contributed by atoms with van der Waals surface area (Å²) in [5, 5.41) is 11.1. The minimum atomic E-state index is -4.35. The van der Waals surface area contributed by atoms with Crippen molar-refractivity contribution in [1.82, 2.24) is 5.32 Å². The van der Waals surface area contributed by atoms with Gasteiger partial charge in [-0.3, -0.25) is 0 Å². The molecule has 0 radical (unpaired) electrons. The van der Waals surface area contributed by atoms with E-state index in [4.69, 9.17) is 5.26 Å². The average Bonchev–Trinajstić information content (AvgIpc) is 2.24. The van der Waals surface area contributed by atoms with Crippen molar-refractivity contribution in [2.75, 3.05) is 0 Å². The summed E-state index contributed by atoms with van der Waals surface area (Å²) in [6, 6.07) is 5.31. The zero-order chi connectivity index (χ0) is 13.1. The van der Waals surface area contributed by atoms with Gasteiger partial charge in [-0.25, -0.2) is 0 Å². The monoisotopic (exact) mass is 242 g/mol. The first-order valence-corrected chi connectivity index (χ1v) is 5.17. The minimum absolute atomic E-state index is 0.116. The van der Waals surface area contributed by atoms with Gasteiger partial charge in [0.15, 0.2) is 0 Å². The molecule has 0 aliphatic heterocycles. The lowest BCUT2D eigenvalue weighted by Gasteiger charge is -2.24. The van der Waals surface area contributed by atoms with Crippen molar-refractivity contribution in [3.63, 3.8) is 0 Å². The van der Waals surface area contributed by atoms with E-state index in [-0.39, 0.29) is 11.6 Å². The van der Waals surface area contributed by atoms with E-state index in [2.05, 4.69) is 5.32 Å². The third-order valence-electron chi connectivity index (χ3n) is 2.20. The van der Waals surface area contributed by atoms with Crippen LogP contribution in [0.15, 0.2) is 24.3 Å². The Morgan fingerprint density at radius 3 is 2.06 bits per heavy atom. The highest BCUT2D eigenvalue weighted by atomic mass is 19.4. The Balaban J connectivity index is 3.01. The number of rotatable bonds is 3. The van der Waals surface area contributed by atoms with E-state index in [0.29, 0.717) is 5.56 Å². The molecule has 2 nitrogen and oxygen atoms in total. The summed E-state index contributed by atoms with van der Waals surface area (Å²) < 4.78 is 38.5. The Hall–Kier alpha value is -1.54. The zero-order valence-corrected chi connectivity index (χ0v) is 9.55. The van der Waals surface area contributed by atoms with E-state index < -0.39 is 12.2 Å². The second kappa shape index (κ2) is 5.19. The Morgan fingerprint density at radius 1 is 1.18 bits per heavy atom. The summed E-state index contributed by atoms with van der Waals surface area (Å²) in [5.41, 5.74) is 0.462. The predicted molar refractivity (Wildman–Crippen MR) is 58.2 cm³/mol. The number of alkyl halides is 3. The molecule has 1 aromatic carbocycles. The molecule has 1 aromatic rings. The van der Waals surface area contributed by atoms with Crippen LogP contribution in [0.4, 0.5) is 13.2 Å². The molecule has 1 unspecified atom stereocenters. The van der Waals surface area contributed by atoms with Gasteiger partial charge in [-0.05, 0) is 17.7 Å². The first-order chi connectivity index (χ1) is 7.84. The van der Waals surface area contributed by atoms with Crippen molar-refractivity contribution in [2.24, 2.45) is 0 Å². The Bertz CT molecular complexity index is 401. The van der Waals surface area contributed by atoms with E-state index in [1.54, 1.807) is 13.8 Å². The Labute approximate surface area is 98.1 Å². The SMILES string of the molecule is CC(C)NC(c1ccc(C#N)cc1)C(F)(F)F. The maximum Gasteiger partial charge on any atom is 0.407 e. The summed E-state index contributed by atoms with van der Waals surface area (Å²) in [6.07, 6.45) is -4.35. The normalized spacial score (nSPS) is 13.5. The molecule has 1 rings (SSSR count). The van der Waals surface area contributed by atoms with Crippen molar-refractivity contribution < 1.29 is 13.2 Å². The van der Waals surface area contributed by atoms with Gasteiger partial charge in [-0.2, -0.15) is 18.4 Å². The molecule has 5 heteroatoms. The molecule has 0 aliphatic rings. The van der Waals surface area contributed by atoms with Crippen LogP contribution in [0, 0.1) is 11.3 Å². The average molecular weight is 242 g/mol. The number of nitriles is 1. The molecule has 1 atom stereocenters. The Kier molecular flexibility index (Phi) is 4.13. The fourth-order valence-corrected chi connectivity index (χ4v) is 1.46. The third kappa shape index (κ3) is 3.75. The van der Waals surface area contributed by atoms with Gasteiger partial charge >= 0.3 is 6.18 Å². The number of hydrogen-bond donors (Lipinski definition) is 1. The predicted octanol–water partition coefficient (Wildman–Crippen LogP) is 3.16. The first kappa shape index (κ1) is 13.5. The first-order valence-electron chi connectivity index (χ1n) is 5.17. The maximum atomic E-state index is 12.8. The molecule has 0 aliphatic carbocycles. The van der Waals surface area contributed by atoms with Crippen LogP contribution in [-0.2, 0) is 0 Å². The maximum absolute atomic E-state index is 12.8. The molecule has 0 saturated heterocycles. The third-order valence-corrected chi connectivity index (χ3v) is 2.20. The molecule has 17 heavy (non-hydrogen) atoms. The summed E-state index contributed by atoms with van der Waals surface area (Å²) in [5.74, 6) is 0. The number of hydrogen-bond acceptors (Lipinski definition) is 2. The van der Waals surface area contributed by atoms with Crippen molar-refractivity contribution in [3.8, 4) is 6.07 Å². The van der Waals surface area contributed by atoms with Gasteiger partial charge in [-0.15, -0.1) is 0 Å². The lowest BCUT2D eigenvalue weighted by molar-refractivity contribution is -0.159. The van der Waals surface area contributed by atoms with Crippen molar-refractivity contribution in [1.29, 1.82) is 5.26 Å². The molecule has 0 aromatic heterocycles. The van der Waals surface area contributed by atoms with Crippen molar-refractivity contribution in [2.45, 2.75) is 32.1 Å². The number of benzene rings is 1. The molecule has 92 valence electrons. The van der Waals surface area contributed by atoms with Crippen LogP contribution >= 0.6 is 0 Å². The molecule has 0 heterocycles. The summed E-state index contributed by atoms with van der Waals surface area (Å²) in [7, 11) is 0. The molecular weight excluding hydrogens is 229 g/mol. The Morgan fingerprint density at radius 2 is 1.71 bits per heavy atom. The molecule has 0 amide bonds. The topological polar surface area (TPSA) is 35.8 Å². The van der Waals surface area contributed by atoms with Crippen LogP contribution in [0.25, 0.3) is 0 Å². The van der Waals surface area contributed by atoms with Gasteiger partial charge in [-0.1, -0.05) is 26.0 Å². The number of halogens is 3. The van der Waals surface area contributed by atoms with E-state index in [0.717, 1.165) is 0 Å². The van der Waals surface area contributed by atoms with E-state index in [1.165, 1.54) is 24.3 Å². The lowest BCUT2D eigenvalue weighted by Crippen LogP contribution is -2.38. The van der Waals surface area contributed by atoms with Crippen LogP contribution in [0.3, 0.4) is 0 Å². The summed E-state index contributed by atoms with van der Waals surface area (Å²) in [4.78, 5) is 0. The highest BCUT2D eigenvalue weighted by molar-refractivity contribution is 5.33. The standard InChI is InChI=1S/C12H13F3N2/c1-8(2)17-11(12(13,14)15)10-5-3-9(7-16)4-6-10/h3-6,8,11,17H,1-2H3. The van der Waals surface area contributed by atoms with Gasteiger partial charge in [0, 0.05) is 6.04 Å². The van der Waals surface area contributed by atoms with Gasteiger partial charge in [0.1, 0.15) is 6.04 Å². The number of nitrogens with one attached hydrogen (secondary N) is 1. The van der Waals surface area contributed by atoms with E-state index in [9.17, 15) is 13.2 Å². The fraction of sp³-hybridized carbons (Fsp3) is 0.417. The molecular formula is C12H13F3N2. The summed E-state index contributed by atoms with van der Waals surface area (Å²) >= 11 is 0. The van der Waals surface area contributed by atoms with Crippen LogP contribution in [0.1, 0.15) is 31.0 Å². The van der Waals surface area contributed by atoms with Gasteiger partial charge < -0.3 is 5.32 Å². The highest BCUT2D eigenvalue weighted by Crippen LogP contribution is 2.33. The van der Waals surface area contributed by atoms with Gasteiger partial charge in [0.25, 0.3) is 0 Å². The van der Waals surface area contributed by atoms with Crippen LogP contribution in [0.5, 0.6) is 0 Å². The zero-order valence-electron chi connectivity index (χ0n) is 9.55. The van der Waals surface area contributed by atoms with Crippen molar-refractivity contribution >= 4 is 0 Å². The fourth-order valence-electron chi connectivity index (χ4n) is 1.46. The van der Waals surface area contributed by atoms with E-state index in [1.807, 2.05) is 6.07 Å². The smallest absolute Gasteiger partial charge is 0.300 e. The minimum Gasteiger partial charge on any atom is -0.300 e. The number of nitrogens with zero attached hydrogens (tertiary/aromatic N) is 1. The molecule has 0 saturated carbocycles.